The summed E-state index contributed by atoms with van der Waals surface area (Å²) >= 11 is 19.3. The summed E-state index contributed by atoms with van der Waals surface area (Å²) < 4.78 is 46.6. The zero-order chi connectivity index (χ0) is 40.0. The first-order valence-electron chi connectivity index (χ1n) is 17.4. The first-order valence-corrected chi connectivity index (χ1v) is 18.6. The Morgan fingerprint density at radius 3 is 2.30 bits per heavy atom. The van der Waals surface area contributed by atoms with Gasteiger partial charge in [-0.1, -0.05) is 82.9 Å². The number of hydrogen-bond donors (Lipinski definition) is 1. The number of alkyl halides is 3. The number of aromatic hydroxyl groups is 1. The third-order valence-corrected chi connectivity index (χ3v) is 12.3. The molecular formula is C40H30Cl3F3N4O6. The lowest BCUT2D eigenvalue weighted by molar-refractivity contribution is -0.141. The number of aromatic nitrogens is 1. The van der Waals surface area contributed by atoms with E-state index < -0.39 is 76.3 Å². The number of amides is 4. The van der Waals surface area contributed by atoms with Crippen LogP contribution in [0, 0.1) is 23.7 Å². The van der Waals surface area contributed by atoms with E-state index in [0.717, 1.165) is 21.0 Å². The zero-order valence-electron chi connectivity index (χ0n) is 29.4. The summed E-state index contributed by atoms with van der Waals surface area (Å²) in [4.78, 5) is 64.0. The van der Waals surface area contributed by atoms with E-state index in [1.54, 1.807) is 54.6 Å². The average molecular weight is 826 g/mol. The highest BCUT2D eigenvalue weighted by Crippen LogP contribution is 2.65. The molecule has 6 atom stereocenters. The molecule has 288 valence electrons. The standard InChI is InChI=1S/C40H30Cl3F3N4O6/c1-48(34-27(42)13-14-30(47-34)40(44,45)46)50-35(52)24-12-11-23-25(31(24)37(50)54)18-26-36(53)49(22-10-6-9-21(41)17-22)38(55)39(26,20-7-4-3-5-8-20)32(23)19-15-28(43)33(51)29(16-19)56-2/h3-11,13-17,24-26,31-32,51H,12,18H2,1-2H3/t24-,25+,26-,31-,32-,39+/m0/s1. The molecule has 0 unspecified atom stereocenters. The van der Waals surface area contributed by atoms with Crippen molar-refractivity contribution in [2.75, 3.05) is 24.1 Å². The van der Waals surface area contributed by atoms with Crippen molar-refractivity contribution >= 4 is 69.9 Å². The third kappa shape index (κ3) is 5.49. The van der Waals surface area contributed by atoms with Crippen molar-refractivity contribution in [2.24, 2.45) is 23.7 Å². The van der Waals surface area contributed by atoms with Crippen LogP contribution >= 0.6 is 34.8 Å². The molecule has 56 heavy (non-hydrogen) atoms. The maximum atomic E-state index is 15.4. The lowest BCUT2D eigenvalue weighted by Crippen LogP contribution is -2.53. The van der Waals surface area contributed by atoms with Gasteiger partial charge in [0.1, 0.15) is 5.69 Å². The molecule has 1 saturated carbocycles. The van der Waals surface area contributed by atoms with E-state index in [1.165, 1.54) is 32.4 Å². The number of methoxy groups -OCH3 is 1. The smallest absolute Gasteiger partial charge is 0.433 e. The van der Waals surface area contributed by atoms with Crippen molar-refractivity contribution in [2.45, 2.75) is 30.4 Å². The molecule has 1 N–H and O–H groups in total. The second kappa shape index (κ2) is 13.5. The number of anilines is 2. The molecule has 0 radical (unpaired) electrons. The average Bonchev–Trinajstić information content (AvgIpc) is 3.56. The molecular weight excluding hydrogens is 796 g/mol. The fraction of sp³-hybridized carbons (Fsp3) is 0.275. The van der Waals surface area contributed by atoms with Gasteiger partial charge in [0.15, 0.2) is 17.3 Å². The minimum atomic E-state index is -4.83. The summed E-state index contributed by atoms with van der Waals surface area (Å²) in [6.07, 6.45) is -3.07. The van der Waals surface area contributed by atoms with Crippen LogP contribution in [-0.2, 0) is 30.8 Å². The molecule has 2 aliphatic carbocycles. The van der Waals surface area contributed by atoms with Gasteiger partial charge in [0.05, 0.1) is 46.0 Å². The SMILES string of the molecule is COc1cc([C@H]2C3=CC[C@@H]4C(=O)N(N(C)c5nc(C(F)(F)F)ccc5Cl)C(=O)[C@@H]4[C@@H]3C[C@H]3C(=O)N(c4cccc(Cl)c4)C(=O)[C@@]23c2ccccc2)cc(Cl)c1O. The number of phenolic OH excluding ortho intramolecular Hbond substituents is 1. The fourth-order valence-electron chi connectivity index (χ4n) is 9.22. The Balaban J connectivity index is 1.32. The number of pyridine rings is 1. The summed E-state index contributed by atoms with van der Waals surface area (Å²) in [6, 6.07) is 19.8. The van der Waals surface area contributed by atoms with E-state index in [-0.39, 0.29) is 45.1 Å². The number of hydrogen-bond acceptors (Lipinski definition) is 8. The Labute approximate surface area is 333 Å². The van der Waals surface area contributed by atoms with Crippen LogP contribution < -0.4 is 14.6 Å². The highest BCUT2D eigenvalue weighted by Gasteiger charge is 2.70. The topological polar surface area (TPSA) is 120 Å². The summed E-state index contributed by atoms with van der Waals surface area (Å²) in [7, 11) is 2.57. The quantitative estimate of drug-likeness (QED) is 0.154. The Morgan fingerprint density at radius 2 is 1.62 bits per heavy atom. The fourth-order valence-corrected chi connectivity index (χ4v) is 9.86. The molecule has 1 aromatic heterocycles. The summed E-state index contributed by atoms with van der Waals surface area (Å²) in [5.74, 6) is -8.35. The van der Waals surface area contributed by atoms with E-state index in [0.29, 0.717) is 22.8 Å². The van der Waals surface area contributed by atoms with E-state index in [1.807, 2.05) is 0 Å². The van der Waals surface area contributed by atoms with Crippen molar-refractivity contribution < 1.29 is 42.2 Å². The molecule has 4 aromatic rings. The highest BCUT2D eigenvalue weighted by molar-refractivity contribution is 6.33. The van der Waals surface area contributed by atoms with Gasteiger partial charge in [-0.2, -0.15) is 18.2 Å². The Morgan fingerprint density at radius 1 is 0.893 bits per heavy atom. The normalized spacial score (nSPS) is 25.9. The first-order chi connectivity index (χ1) is 26.6. The molecule has 3 heterocycles. The number of phenols is 1. The molecule has 0 bridgehead atoms. The molecule has 4 amide bonds. The van der Waals surface area contributed by atoms with E-state index in [9.17, 15) is 32.7 Å². The highest BCUT2D eigenvalue weighted by atomic mass is 35.5. The number of hydrazine groups is 1. The second-order valence-corrected chi connectivity index (χ2v) is 15.4. The van der Waals surface area contributed by atoms with Crippen LogP contribution in [0.3, 0.4) is 0 Å². The Bertz CT molecular complexity index is 2380. The van der Waals surface area contributed by atoms with Crippen molar-refractivity contribution in [3.05, 3.63) is 122 Å². The molecule has 2 aliphatic heterocycles. The number of rotatable bonds is 6. The van der Waals surface area contributed by atoms with Gasteiger partial charge < -0.3 is 9.84 Å². The number of carbonyl (C=O) groups excluding carboxylic acids is 4. The van der Waals surface area contributed by atoms with Crippen LogP contribution in [0.15, 0.2) is 90.5 Å². The molecule has 16 heteroatoms. The summed E-state index contributed by atoms with van der Waals surface area (Å²) in [5, 5.41) is 12.4. The van der Waals surface area contributed by atoms with Crippen molar-refractivity contribution in [3.63, 3.8) is 0 Å². The van der Waals surface area contributed by atoms with Crippen LogP contribution in [0.2, 0.25) is 15.1 Å². The van der Waals surface area contributed by atoms with Gasteiger partial charge in [-0.15, -0.1) is 0 Å². The molecule has 3 aromatic carbocycles. The van der Waals surface area contributed by atoms with Crippen molar-refractivity contribution in [1.29, 1.82) is 0 Å². The maximum absolute atomic E-state index is 15.4. The third-order valence-electron chi connectivity index (χ3n) is 11.5. The summed E-state index contributed by atoms with van der Waals surface area (Å²) in [5.41, 5.74) is -1.20. The molecule has 2 saturated heterocycles. The van der Waals surface area contributed by atoms with Gasteiger partial charge in [0.2, 0.25) is 11.8 Å². The minimum absolute atomic E-state index is 0.00229. The molecule has 4 aliphatic rings. The van der Waals surface area contributed by atoms with Crippen molar-refractivity contribution in [1.82, 2.24) is 9.99 Å². The van der Waals surface area contributed by atoms with E-state index >= 15 is 4.79 Å². The van der Waals surface area contributed by atoms with E-state index in [2.05, 4.69) is 4.98 Å². The van der Waals surface area contributed by atoms with Crippen LogP contribution in [0.5, 0.6) is 11.5 Å². The largest absolute Gasteiger partial charge is 0.503 e. The van der Waals surface area contributed by atoms with Gasteiger partial charge >= 0.3 is 6.18 Å². The van der Waals surface area contributed by atoms with Gasteiger partial charge in [-0.3, -0.25) is 24.2 Å². The minimum Gasteiger partial charge on any atom is -0.503 e. The number of halogens is 6. The number of carbonyl (C=O) groups is 4. The van der Waals surface area contributed by atoms with Gasteiger partial charge in [-0.05, 0) is 72.4 Å². The van der Waals surface area contributed by atoms with E-state index in [4.69, 9.17) is 39.5 Å². The number of nitrogens with zero attached hydrogens (tertiary/aromatic N) is 4. The van der Waals surface area contributed by atoms with Crippen LogP contribution in [0.1, 0.15) is 35.6 Å². The predicted molar refractivity (Wildman–Crippen MR) is 200 cm³/mol. The van der Waals surface area contributed by atoms with Gasteiger partial charge in [-0.25, -0.2) is 9.88 Å². The lowest BCUT2D eigenvalue weighted by Gasteiger charge is -2.50. The van der Waals surface area contributed by atoms with Gasteiger partial charge in [0, 0.05) is 18.0 Å². The summed E-state index contributed by atoms with van der Waals surface area (Å²) in [6.45, 7) is 0. The molecule has 10 nitrogen and oxygen atoms in total. The van der Waals surface area contributed by atoms with Gasteiger partial charge in [0.25, 0.3) is 11.8 Å². The number of benzene rings is 3. The zero-order valence-corrected chi connectivity index (χ0v) is 31.7. The molecule has 0 spiro atoms. The lowest BCUT2D eigenvalue weighted by atomic mass is 9.49. The number of allylic oxidation sites excluding steroid dienone is 2. The predicted octanol–water partition coefficient (Wildman–Crippen LogP) is 7.99. The first kappa shape index (κ1) is 37.8. The number of ether oxygens (including phenoxy) is 1. The van der Waals surface area contributed by atoms with Crippen LogP contribution in [0.25, 0.3) is 0 Å². The van der Waals surface area contributed by atoms with Crippen molar-refractivity contribution in [3.8, 4) is 11.5 Å². The second-order valence-electron chi connectivity index (χ2n) is 14.2. The molecule has 8 rings (SSSR count). The Kier molecular flexibility index (Phi) is 9.13. The number of imide groups is 2. The molecule has 3 fully saturated rings. The Hall–Kier alpha value is -5.11. The van der Waals surface area contributed by atoms with Crippen LogP contribution in [-0.4, -0.2) is 52.9 Å². The number of fused-ring (bicyclic) bond motifs is 4. The monoisotopic (exact) mass is 824 g/mol. The maximum Gasteiger partial charge on any atom is 0.433 e. The van der Waals surface area contributed by atoms with Crippen LogP contribution in [0.4, 0.5) is 24.7 Å².